The van der Waals surface area contributed by atoms with E-state index in [0.29, 0.717) is 6.61 Å². The standard InChI is InChI=1S/C13H15BrN4O/c1-15-11(12-13(14)16-17-18(12)2)8-3-4-9-6-19-7-10(9)5-8/h3-5,11,15H,6-7H2,1-2H3. The van der Waals surface area contributed by atoms with Crippen molar-refractivity contribution in [2.75, 3.05) is 7.05 Å². The lowest BCUT2D eigenvalue weighted by atomic mass is 9.99. The molecular formula is C13H15BrN4O. The predicted molar refractivity (Wildman–Crippen MR) is 74.5 cm³/mol. The van der Waals surface area contributed by atoms with Gasteiger partial charge in [0.2, 0.25) is 0 Å². The zero-order valence-electron chi connectivity index (χ0n) is 10.9. The first-order chi connectivity index (χ1) is 9.20. The van der Waals surface area contributed by atoms with E-state index < -0.39 is 0 Å². The van der Waals surface area contributed by atoms with Gasteiger partial charge in [0.1, 0.15) is 0 Å². The molecule has 19 heavy (non-hydrogen) atoms. The zero-order chi connectivity index (χ0) is 13.4. The molecule has 1 unspecified atom stereocenters. The number of ether oxygens (including phenoxy) is 1. The maximum atomic E-state index is 5.46. The molecule has 1 aromatic heterocycles. The summed E-state index contributed by atoms with van der Waals surface area (Å²) < 4.78 is 8.02. The molecule has 3 rings (SSSR count). The molecule has 0 saturated heterocycles. The highest BCUT2D eigenvalue weighted by atomic mass is 79.9. The van der Waals surface area contributed by atoms with Gasteiger partial charge in [-0.2, -0.15) is 0 Å². The van der Waals surface area contributed by atoms with Crippen LogP contribution in [0.15, 0.2) is 22.8 Å². The van der Waals surface area contributed by atoms with Crippen molar-refractivity contribution in [3.63, 3.8) is 0 Å². The van der Waals surface area contributed by atoms with Gasteiger partial charge in [0.05, 0.1) is 24.9 Å². The largest absolute Gasteiger partial charge is 0.372 e. The Morgan fingerprint density at radius 3 is 2.84 bits per heavy atom. The lowest BCUT2D eigenvalue weighted by molar-refractivity contribution is 0.134. The molecule has 0 spiro atoms. The number of hydrogen-bond donors (Lipinski definition) is 1. The second-order valence-corrected chi connectivity index (χ2v) is 5.38. The quantitative estimate of drug-likeness (QED) is 0.938. The maximum Gasteiger partial charge on any atom is 0.153 e. The SMILES string of the molecule is CNC(c1ccc2c(c1)COC2)c1c(Br)nnn1C. The number of aryl methyl sites for hydroxylation is 1. The second kappa shape index (κ2) is 5.03. The highest BCUT2D eigenvalue weighted by Crippen LogP contribution is 2.29. The van der Waals surface area contributed by atoms with Crippen molar-refractivity contribution < 1.29 is 4.74 Å². The summed E-state index contributed by atoms with van der Waals surface area (Å²) in [6.07, 6.45) is 0. The van der Waals surface area contributed by atoms with Crippen molar-refractivity contribution in [2.45, 2.75) is 19.3 Å². The van der Waals surface area contributed by atoms with Crippen LogP contribution in [0.3, 0.4) is 0 Å². The summed E-state index contributed by atoms with van der Waals surface area (Å²) in [6, 6.07) is 6.52. The van der Waals surface area contributed by atoms with Crippen LogP contribution < -0.4 is 5.32 Å². The van der Waals surface area contributed by atoms with Gasteiger partial charge < -0.3 is 10.1 Å². The third kappa shape index (κ3) is 2.20. The van der Waals surface area contributed by atoms with E-state index in [1.165, 1.54) is 16.7 Å². The van der Waals surface area contributed by atoms with E-state index in [-0.39, 0.29) is 6.04 Å². The molecule has 6 heteroatoms. The van der Waals surface area contributed by atoms with Gasteiger partial charge in [-0.1, -0.05) is 23.4 Å². The van der Waals surface area contributed by atoms with Crippen molar-refractivity contribution in [3.8, 4) is 0 Å². The van der Waals surface area contributed by atoms with Crippen molar-refractivity contribution in [1.82, 2.24) is 20.3 Å². The molecule has 1 aliphatic rings. The van der Waals surface area contributed by atoms with Crippen molar-refractivity contribution in [3.05, 3.63) is 45.2 Å². The van der Waals surface area contributed by atoms with E-state index in [9.17, 15) is 0 Å². The van der Waals surface area contributed by atoms with E-state index in [1.54, 1.807) is 4.68 Å². The van der Waals surface area contributed by atoms with Gasteiger partial charge in [-0.05, 0) is 39.7 Å². The Bertz CT molecular complexity index is 591. The minimum atomic E-state index is 0.0558. The zero-order valence-corrected chi connectivity index (χ0v) is 12.4. The normalized spacial score (nSPS) is 15.5. The minimum Gasteiger partial charge on any atom is -0.372 e. The lowest BCUT2D eigenvalue weighted by Crippen LogP contribution is -2.21. The van der Waals surface area contributed by atoms with Gasteiger partial charge in [0, 0.05) is 7.05 Å². The summed E-state index contributed by atoms with van der Waals surface area (Å²) in [5, 5.41) is 11.4. The highest BCUT2D eigenvalue weighted by Gasteiger charge is 2.22. The molecule has 1 atom stereocenters. The summed E-state index contributed by atoms with van der Waals surface area (Å²) in [4.78, 5) is 0. The Morgan fingerprint density at radius 1 is 1.37 bits per heavy atom. The summed E-state index contributed by atoms with van der Waals surface area (Å²) in [5.74, 6) is 0. The number of halogens is 1. The molecule has 0 amide bonds. The first kappa shape index (κ1) is 12.8. The topological polar surface area (TPSA) is 52.0 Å². The highest BCUT2D eigenvalue weighted by molar-refractivity contribution is 9.10. The van der Waals surface area contributed by atoms with E-state index in [1.807, 2.05) is 14.1 Å². The average molecular weight is 323 g/mol. The van der Waals surface area contributed by atoms with Crippen LogP contribution in [0.5, 0.6) is 0 Å². The van der Waals surface area contributed by atoms with Crippen molar-refractivity contribution in [1.29, 1.82) is 0 Å². The molecule has 0 radical (unpaired) electrons. The number of fused-ring (bicyclic) bond motifs is 1. The average Bonchev–Trinajstić information content (AvgIpc) is 3.00. The number of hydrogen-bond acceptors (Lipinski definition) is 4. The van der Waals surface area contributed by atoms with Crippen LogP contribution in [-0.2, 0) is 25.0 Å². The van der Waals surface area contributed by atoms with Gasteiger partial charge >= 0.3 is 0 Å². The molecule has 2 heterocycles. The third-order valence-corrected chi connectivity index (χ3v) is 4.03. The number of rotatable bonds is 3. The number of nitrogens with zero attached hydrogens (tertiary/aromatic N) is 3. The van der Waals surface area contributed by atoms with E-state index >= 15 is 0 Å². The maximum absolute atomic E-state index is 5.46. The molecule has 1 aromatic carbocycles. The molecule has 2 aromatic rings. The van der Waals surface area contributed by atoms with Crippen LogP contribution in [0.4, 0.5) is 0 Å². The summed E-state index contributed by atoms with van der Waals surface area (Å²) in [6.45, 7) is 1.42. The van der Waals surface area contributed by atoms with Gasteiger partial charge in [-0.15, -0.1) is 5.10 Å². The number of nitrogens with one attached hydrogen (secondary N) is 1. The monoisotopic (exact) mass is 322 g/mol. The van der Waals surface area contributed by atoms with E-state index in [2.05, 4.69) is 49.8 Å². The summed E-state index contributed by atoms with van der Waals surface area (Å²) >= 11 is 3.46. The third-order valence-electron chi connectivity index (χ3n) is 3.47. The Morgan fingerprint density at radius 2 is 2.16 bits per heavy atom. The summed E-state index contributed by atoms with van der Waals surface area (Å²) in [7, 11) is 3.84. The van der Waals surface area contributed by atoms with Crippen LogP contribution in [0, 0.1) is 0 Å². The molecule has 0 saturated carbocycles. The second-order valence-electron chi connectivity index (χ2n) is 4.63. The molecule has 0 fully saturated rings. The Kier molecular flexibility index (Phi) is 3.38. The van der Waals surface area contributed by atoms with Crippen molar-refractivity contribution >= 4 is 15.9 Å². The molecule has 1 N–H and O–H groups in total. The fourth-order valence-corrected chi connectivity index (χ4v) is 3.03. The fourth-order valence-electron chi connectivity index (χ4n) is 2.48. The van der Waals surface area contributed by atoms with Crippen LogP contribution in [0.25, 0.3) is 0 Å². The number of aromatic nitrogens is 3. The van der Waals surface area contributed by atoms with E-state index in [0.717, 1.165) is 16.9 Å². The minimum absolute atomic E-state index is 0.0558. The Hall–Kier alpha value is -1.24. The van der Waals surface area contributed by atoms with Crippen LogP contribution in [0.1, 0.15) is 28.4 Å². The first-order valence-corrected chi connectivity index (χ1v) is 6.91. The van der Waals surface area contributed by atoms with Gasteiger partial charge in [-0.3, -0.25) is 0 Å². The Balaban J connectivity index is 2.03. The fraction of sp³-hybridized carbons (Fsp3) is 0.385. The molecular weight excluding hydrogens is 308 g/mol. The molecule has 100 valence electrons. The van der Waals surface area contributed by atoms with Gasteiger partial charge in [0.15, 0.2) is 4.60 Å². The summed E-state index contributed by atoms with van der Waals surface area (Å²) in [5.41, 5.74) is 4.75. The van der Waals surface area contributed by atoms with Crippen molar-refractivity contribution in [2.24, 2.45) is 7.05 Å². The molecule has 1 aliphatic heterocycles. The lowest BCUT2D eigenvalue weighted by Gasteiger charge is -2.17. The van der Waals surface area contributed by atoms with Crippen LogP contribution in [-0.4, -0.2) is 22.0 Å². The van der Waals surface area contributed by atoms with Crippen LogP contribution >= 0.6 is 15.9 Å². The van der Waals surface area contributed by atoms with E-state index in [4.69, 9.17) is 4.74 Å². The Labute approximate surface area is 120 Å². The van der Waals surface area contributed by atoms with Crippen LogP contribution in [0.2, 0.25) is 0 Å². The molecule has 0 aliphatic carbocycles. The smallest absolute Gasteiger partial charge is 0.153 e. The number of benzene rings is 1. The van der Waals surface area contributed by atoms with Gasteiger partial charge in [0.25, 0.3) is 0 Å². The van der Waals surface area contributed by atoms with Gasteiger partial charge in [-0.25, -0.2) is 4.68 Å². The molecule has 5 nitrogen and oxygen atoms in total. The predicted octanol–water partition coefficient (Wildman–Crippen LogP) is 1.92. The first-order valence-electron chi connectivity index (χ1n) is 6.12. The molecule has 0 bridgehead atoms.